The molecule has 0 aromatic heterocycles. The van der Waals surface area contributed by atoms with E-state index in [9.17, 15) is 0 Å². The molecular weight excluding hydrogens is 200 g/mol. The number of benzene rings is 1. The summed E-state index contributed by atoms with van der Waals surface area (Å²) in [5.41, 5.74) is 1.42. The maximum atomic E-state index is 3.55. The highest BCUT2D eigenvalue weighted by Gasteiger charge is 2.21. The van der Waals surface area contributed by atoms with E-state index in [2.05, 4.69) is 40.2 Å². The first kappa shape index (κ1) is 7.35. The van der Waals surface area contributed by atoms with Gasteiger partial charge in [-0.2, -0.15) is 0 Å². The summed E-state index contributed by atoms with van der Waals surface area (Å²) in [6.07, 6.45) is 3.96. The van der Waals surface area contributed by atoms with Crippen LogP contribution < -0.4 is 0 Å². The quantitative estimate of drug-likeness (QED) is 0.664. The van der Waals surface area contributed by atoms with Crippen LogP contribution >= 0.6 is 15.9 Å². The molecule has 1 radical (unpaired) electrons. The van der Waals surface area contributed by atoms with Crippen LogP contribution in [0, 0.1) is 5.92 Å². The lowest BCUT2D eigenvalue weighted by atomic mass is 9.80. The molecule has 1 fully saturated rings. The van der Waals surface area contributed by atoms with Crippen molar-refractivity contribution >= 4 is 15.9 Å². The van der Waals surface area contributed by atoms with Crippen molar-refractivity contribution in [3.63, 3.8) is 0 Å². The van der Waals surface area contributed by atoms with Crippen LogP contribution in [0.25, 0.3) is 0 Å². The average molecular weight is 210 g/mol. The van der Waals surface area contributed by atoms with Gasteiger partial charge in [-0.15, -0.1) is 0 Å². The molecule has 11 heavy (non-hydrogen) atoms. The minimum absolute atomic E-state index is 1.25. The Hall–Kier alpha value is -0.300. The third kappa shape index (κ3) is 1.34. The van der Waals surface area contributed by atoms with Crippen LogP contribution in [-0.2, 0) is 0 Å². The molecule has 0 nitrogen and oxygen atoms in total. The number of hydrogen-bond acceptors (Lipinski definition) is 0. The smallest absolute Gasteiger partial charge is 0.0213 e. The van der Waals surface area contributed by atoms with Crippen molar-refractivity contribution < 1.29 is 0 Å². The SMILES string of the molecule is Brc1ccccc1[C]1CCC1. The molecule has 0 unspecified atom stereocenters. The van der Waals surface area contributed by atoms with E-state index >= 15 is 0 Å². The molecule has 0 bridgehead atoms. The summed E-state index contributed by atoms with van der Waals surface area (Å²) in [5.74, 6) is 1.61. The standard InChI is InChI=1S/C10H10Br/c11-10-7-2-1-6-9(10)8-4-3-5-8/h1-2,6-7H,3-5H2. The molecule has 0 amide bonds. The third-order valence-electron chi connectivity index (χ3n) is 2.21. The van der Waals surface area contributed by atoms with Gasteiger partial charge in [0.15, 0.2) is 0 Å². The van der Waals surface area contributed by atoms with Gasteiger partial charge in [0.2, 0.25) is 0 Å². The monoisotopic (exact) mass is 209 g/mol. The van der Waals surface area contributed by atoms with Crippen LogP contribution in [0.1, 0.15) is 24.8 Å². The first-order valence-corrected chi connectivity index (χ1v) is 4.77. The van der Waals surface area contributed by atoms with Crippen molar-refractivity contribution in [3.05, 3.63) is 40.2 Å². The lowest BCUT2D eigenvalue weighted by molar-refractivity contribution is 0.576. The van der Waals surface area contributed by atoms with Crippen LogP contribution in [0.3, 0.4) is 0 Å². The van der Waals surface area contributed by atoms with Crippen LogP contribution in [0.5, 0.6) is 0 Å². The minimum Gasteiger partial charge on any atom is -0.0619 e. The molecule has 1 aliphatic rings. The van der Waals surface area contributed by atoms with Crippen molar-refractivity contribution in [1.82, 2.24) is 0 Å². The molecular formula is C10H10Br. The molecule has 0 aliphatic heterocycles. The fourth-order valence-corrected chi connectivity index (χ4v) is 1.94. The fourth-order valence-electron chi connectivity index (χ4n) is 1.37. The van der Waals surface area contributed by atoms with Crippen LogP contribution in [0.15, 0.2) is 28.7 Å². The lowest BCUT2D eigenvalue weighted by Gasteiger charge is -2.25. The molecule has 0 heterocycles. The van der Waals surface area contributed by atoms with Gasteiger partial charge in [-0.05, 0) is 24.5 Å². The summed E-state index contributed by atoms with van der Waals surface area (Å²) < 4.78 is 1.25. The first-order valence-electron chi connectivity index (χ1n) is 3.97. The molecule has 1 saturated carbocycles. The molecule has 0 N–H and O–H groups in total. The maximum Gasteiger partial charge on any atom is 0.0213 e. The van der Waals surface area contributed by atoms with E-state index < -0.39 is 0 Å². The number of hydrogen-bond donors (Lipinski definition) is 0. The Balaban J connectivity index is 2.28. The summed E-state index contributed by atoms with van der Waals surface area (Å²) in [5, 5.41) is 0. The summed E-state index contributed by atoms with van der Waals surface area (Å²) in [4.78, 5) is 0. The van der Waals surface area contributed by atoms with E-state index in [1.165, 1.54) is 29.3 Å². The first-order chi connectivity index (χ1) is 5.38. The van der Waals surface area contributed by atoms with Crippen molar-refractivity contribution in [2.45, 2.75) is 19.3 Å². The van der Waals surface area contributed by atoms with Crippen molar-refractivity contribution in [2.24, 2.45) is 0 Å². The highest BCUT2D eigenvalue weighted by Crippen LogP contribution is 2.38. The summed E-state index contributed by atoms with van der Waals surface area (Å²) in [7, 11) is 0. The molecule has 0 atom stereocenters. The Morgan fingerprint density at radius 3 is 2.36 bits per heavy atom. The fraction of sp³-hybridized carbons (Fsp3) is 0.300. The van der Waals surface area contributed by atoms with E-state index in [-0.39, 0.29) is 0 Å². The van der Waals surface area contributed by atoms with E-state index in [4.69, 9.17) is 0 Å². The third-order valence-corrected chi connectivity index (χ3v) is 2.90. The zero-order valence-electron chi connectivity index (χ0n) is 6.31. The maximum absolute atomic E-state index is 3.55. The molecule has 1 aliphatic carbocycles. The predicted molar refractivity (Wildman–Crippen MR) is 50.3 cm³/mol. The molecule has 0 saturated heterocycles. The Bertz CT molecular complexity index is 251. The molecule has 0 spiro atoms. The average Bonchev–Trinajstić information content (AvgIpc) is 1.90. The van der Waals surface area contributed by atoms with Gasteiger partial charge in [0.1, 0.15) is 0 Å². The minimum atomic E-state index is 1.25. The topological polar surface area (TPSA) is 0 Å². The van der Waals surface area contributed by atoms with Gasteiger partial charge in [-0.1, -0.05) is 40.5 Å². The van der Waals surface area contributed by atoms with Gasteiger partial charge in [-0.3, -0.25) is 0 Å². The van der Waals surface area contributed by atoms with Gasteiger partial charge < -0.3 is 0 Å². The number of halogens is 1. The molecule has 1 heteroatoms. The van der Waals surface area contributed by atoms with Gasteiger partial charge in [-0.25, -0.2) is 0 Å². The van der Waals surface area contributed by atoms with E-state index in [0.29, 0.717) is 0 Å². The molecule has 57 valence electrons. The highest BCUT2D eigenvalue weighted by atomic mass is 79.9. The van der Waals surface area contributed by atoms with Gasteiger partial charge in [0.25, 0.3) is 0 Å². The molecule has 1 aromatic carbocycles. The van der Waals surface area contributed by atoms with Gasteiger partial charge in [0.05, 0.1) is 0 Å². The van der Waals surface area contributed by atoms with E-state index in [1.807, 2.05) is 0 Å². The van der Waals surface area contributed by atoms with Gasteiger partial charge in [0, 0.05) is 10.4 Å². The molecule has 1 aromatic rings. The van der Waals surface area contributed by atoms with Crippen molar-refractivity contribution in [3.8, 4) is 0 Å². The highest BCUT2D eigenvalue weighted by molar-refractivity contribution is 9.10. The number of rotatable bonds is 1. The summed E-state index contributed by atoms with van der Waals surface area (Å²) in [6.45, 7) is 0. The van der Waals surface area contributed by atoms with Crippen LogP contribution in [-0.4, -0.2) is 0 Å². The van der Waals surface area contributed by atoms with Crippen molar-refractivity contribution in [1.29, 1.82) is 0 Å². The Morgan fingerprint density at radius 2 is 1.82 bits per heavy atom. The second kappa shape index (κ2) is 2.98. The van der Waals surface area contributed by atoms with Crippen LogP contribution in [0.4, 0.5) is 0 Å². The zero-order valence-corrected chi connectivity index (χ0v) is 7.89. The Labute approximate surface area is 75.8 Å². The Kier molecular flexibility index (Phi) is 1.99. The van der Waals surface area contributed by atoms with E-state index in [0.717, 1.165) is 0 Å². The zero-order chi connectivity index (χ0) is 7.68. The Morgan fingerprint density at radius 1 is 1.09 bits per heavy atom. The normalized spacial score (nSPS) is 17.9. The second-order valence-corrected chi connectivity index (χ2v) is 3.79. The largest absolute Gasteiger partial charge is 0.0619 e. The predicted octanol–water partition coefficient (Wildman–Crippen LogP) is 3.56. The van der Waals surface area contributed by atoms with E-state index in [1.54, 1.807) is 5.92 Å². The summed E-state index contributed by atoms with van der Waals surface area (Å²) in [6, 6.07) is 8.47. The van der Waals surface area contributed by atoms with Crippen molar-refractivity contribution in [2.75, 3.05) is 0 Å². The lowest BCUT2D eigenvalue weighted by Crippen LogP contribution is -2.09. The van der Waals surface area contributed by atoms with Gasteiger partial charge >= 0.3 is 0 Å². The molecule has 2 rings (SSSR count). The van der Waals surface area contributed by atoms with Crippen LogP contribution in [0.2, 0.25) is 0 Å². The second-order valence-electron chi connectivity index (χ2n) is 2.94. The summed E-state index contributed by atoms with van der Waals surface area (Å²) >= 11 is 3.55.